The van der Waals surface area contributed by atoms with Gasteiger partial charge in [-0.05, 0) is 31.5 Å². The van der Waals surface area contributed by atoms with Gasteiger partial charge in [0, 0.05) is 53.7 Å². The minimum absolute atomic E-state index is 0. The first-order valence-electron chi connectivity index (χ1n) is 9.72. The van der Waals surface area contributed by atoms with Crippen LogP contribution in [0.2, 0.25) is 0 Å². The first-order valence-corrected chi connectivity index (χ1v) is 9.72. The molecule has 3 heterocycles. The molecule has 152 valence electrons. The summed E-state index contributed by atoms with van der Waals surface area (Å²) in [7, 11) is 6.84. The summed E-state index contributed by atoms with van der Waals surface area (Å²) < 4.78 is 5.92. The lowest BCUT2D eigenvalue weighted by Gasteiger charge is -2.34. The fourth-order valence-corrected chi connectivity index (χ4v) is 4.35. The van der Waals surface area contributed by atoms with E-state index in [2.05, 4.69) is 80.7 Å². The van der Waals surface area contributed by atoms with Gasteiger partial charge < -0.3 is 57.0 Å². The molecule has 0 fully saturated rings. The van der Waals surface area contributed by atoms with E-state index in [1.165, 1.54) is 40.7 Å². The summed E-state index contributed by atoms with van der Waals surface area (Å²) in [5.41, 5.74) is 8.63. The zero-order chi connectivity index (χ0) is 18.5. The Morgan fingerprint density at radius 2 is 1.82 bits per heavy atom. The fourth-order valence-electron chi connectivity index (χ4n) is 4.35. The molecule has 0 aliphatic carbocycles. The number of fused-ring (bicyclic) bond motifs is 3. The Morgan fingerprint density at radius 3 is 2.54 bits per heavy atom. The summed E-state index contributed by atoms with van der Waals surface area (Å²) in [5, 5.41) is 1.47. The predicted octanol–water partition coefficient (Wildman–Crippen LogP) is -2.53. The van der Waals surface area contributed by atoms with Crippen molar-refractivity contribution in [2.24, 2.45) is 7.05 Å². The normalized spacial score (nSPS) is 14.9. The number of nitrogens with zero attached hydrogens (tertiary/aromatic N) is 3. The third-order valence-corrected chi connectivity index (χ3v) is 6.06. The molecule has 0 amide bonds. The van der Waals surface area contributed by atoms with E-state index in [4.69, 9.17) is 0 Å². The number of benzene rings is 1. The number of hydrogen-bond donors (Lipinski definition) is 0. The van der Waals surface area contributed by atoms with Crippen LogP contribution in [0.1, 0.15) is 28.1 Å². The van der Waals surface area contributed by atoms with Gasteiger partial charge in [-0.1, -0.05) is 11.6 Å². The van der Waals surface area contributed by atoms with Crippen LogP contribution in [0.5, 0.6) is 0 Å². The Balaban J connectivity index is 0.00000140. The Hall–Kier alpha value is -0.670. The lowest BCUT2D eigenvalue weighted by molar-refractivity contribution is -0.905. The topological polar surface area (TPSA) is 8.81 Å². The van der Waals surface area contributed by atoms with Crippen molar-refractivity contribution >= 4 is 10.9 Å². The van der Waals surface area contributed by atoms with Crippen molar-refractivity contribution in [1.82, 2.24) is 4.57 Å². The van der Waals surface area contributed by atoms with Gasteiger partial charge in [0.1, 0.15) is 13.6 Å². The molecule has 28 heavy (non-hydrogen) atoms. The number of hydrogen-bond acceptors (Lipinski definition) is 0. The lowest BCUT2D eigenvalue weighted by atomic mass is 10.0. The van der Waals surface area contributed by atoms with Crippen LogP contribution in [0.25, 0.3) is 10.9 Å². The predicted molar refractivity (Wildman–Crippen MR) is 107 cm³/mol. The molecule has 1 aromatic carbocycles. The first kappa shape index (κ1) is 23.6. The van der Waals surface area contributed by atoms with Crippen LogP contribution < -0.4 is 52.5 Å². The summed E-state index contributed by atoms with van der Waals surface area (Å²) in [6.07, 6.45) is 4.53. The van der Waals surface area contributed by atoms with E-state index in [9.17, 15) is 0 Å². The van der Waals surface area contributed by atoms with Crippen LogP contribution in [0, 0.1) is 13.8 Å². The molecule has 3 aromatic rings. The van der Waals surface area contributed by atoms with Gasteiger partial charge >= 0.3 is 0 Å². The number of halogens is 2. The van der Waals surface area contributed by atoms with Gasteiger partial charge in [-0.3, -0.25) is 0 Å². The van der Waals surface area contributed by atoms with E-state index in [-0.39, 0.29) is 48.0 Å². The summed E-state index contributed by atoms with van der Waals surface area (Å²) in [6, 6.07) is 11.5. The quantitative estimate of drug-likeness (QED) is 0.178. The molecule has 0 atom stereocenters. The van der Waals surface area contributed by atoms with E-state index >= 15 is 0 Å². The van der Waals surface area contributed by atoms with Crippen molar-refractivity contribution in [2.75, 3.05) is 20.6 Å². The highest BCUT2D eigenvalue weighted by Crippen LogP contribution is 2.33. The molecule has 0 spiro atoms. The zero-order valence-corrected chi connectivity index (χ0v) is 21.9. The molecule has 0 unspecified atom stereocenters. The van der Waals surface area contributed by atoms with Crippen LogP contribution in [0.15, 0.2) is 36.5 Å². The van der Waals surface area contributed by atoms with Gasteiger partial charge in [0.2, 0.25) is 0 Å². The Labute approximate surface area is 203 Å². The second-order valence-electron chi connectivity index (χ2n) is 8.70. The molecule has 3 nitrogen and oxygen atoms in total. The van der Waals surface area contributed by atoms with Crippen molar-refractivity contribution in [3.05, 3.63) is 64.6 Å². The van der Waals surface area contributed by atoms with Crippen LogP contribution >= 0.6 is 0 Å². The molecule has 5 heteroatoms. The first-order chi connectivity index (χ1) is 12.3. The standard InChI is InChI=1S/C23H31N3.2HI/c1-17-6-9-22-20(14-17)21-16-26(4,5)13-11-23(21)25(22)12-10-19-8-7-18(2)24(3)15-19;;/h6-9,14-15H,10-13,16H2,1-5H3;2*1H/q+2;;/p-2. The third-order valence-electron chi connectivity index (χ3n) is 6.06. The molecule has 0 bridgehead atoms. The Bertz CT molecular complexity index is 989. The van der Waals surface area contributed by atoms with E-state index < -0.39 is 0 Å². The van der Waals surface area contributed by atoms with Crippen LogP contribution in [-0.2, 0) is 33.0 Å². The van der Waals surface area contributed by atoms with E-state index in [1.807, 2.05) is 0 Å². The van der Waals surface area contributed by atoms with Gasteiger partial charge in [-0.25, -0.2) is 4.57 Å². The zero-order valence-electron chi connectivity index (χ0n) is 17.6. The monoisotopic (exact) mass is 603 g/mol. The minimum Gasteiger partial charge on any atom is -1.00 e. The van der Waals surface area contributed by atoms with Crippen molar-refractivity contribution in [2.45, 2.75) is 39.8 Å². The third kappa shape index (κ3) is 4.56. The maximum atomic E-state index is 2.60. The van der Waals surface area contributed by atoms with Gasteiger partial charge in [-0.2, -0.15) is 0 Å². The smallest absolute Gasteiger partial charge is 0.177 e. The minimum atomic E-state index is 0. The van der Waals surface area contributed by atoms with Crippen LogP contribution in [-0.4, -0.2) is 29.7 Å². The average molecular weight is 603 g/mol. The highest BCUT2D eigenvalue weighted by molar-refractivity contribution is 5.86. The molecular formula is C23H31I2N3. The van der Waals surface area contributed by atoms with E-state index in [0.717, 1.165) is 24.0 Å². The number of aromatic nitrogens is 2. The fraction of sp³-hybridized carbons (Fsp3) is 0.435. The number of pyridine rings is 1. The number of aryl methyl sites for hydroxylation is 5. The maximum absolute atomic E-state index is 2.60. The second kappa shape index (κ2) is 9.00. The summed E-state index contributed by atoms with van der Waals surface area (Å²) in [4.78, 5) is 0. The lowest BCUT2D eigenvalue weighted by Crippen LogP contribution is -3.00. The van der Waals surface area contributed by atoms with Crippen molar-refractivity contribution in [3.63, 3.8) is 0 Å². The van der Waals surface area contributed by atoms with E-state index in [1.54, 1.807) is 11.3 Å². The molecule has 1 aliphatic heterocycles. The van der Waals surface area contributed by atoms with Crippen molar-refractivity contribution < 1.29 is 57.0 Å². The SMILES string of the molecule is Cc1ccc2c(c1)c1c(n2CCc2ccc(C)[n+](C)c2)CC[N+](C)(C)C1.[I-].[I-]. The summed E-state index contributed by atoms with van der Waals surface area (Å²) in [6.45, 7) is 7.79. The van der Waals surface area contributed by atoms with Crippen LogP contribution in [0.3, 0.4) is 0 Å². The van der Waals surface area contributed by atoms with Crippen molar-refractivity contribution in [1.29, 1.82) is 0 Å². The van der Waals surface area contributed by atoms with Gasteiger partial charge in [0.25, 0.3) is 0 Å². The van der Waals surface area contributed by atoms with Gasteiger partial charge in [0.05, 0.1) is 20.6 Å². The van der Waals surface area contributed by atoms with Gasteiger partial charge in [-0.15, -0.1) is 0 Å². The largest absolute Gasteiger partial charge is 1.00 e. The Morgan fingerprint density at radius 1 is 1.07 bits per heavy atom. The van der Waals surface area contributed by atoms with E-state index in [0.29, 0.717) is 0 Å². The number of rotatable bonds is 3. The van der Waals surface area contributed by atoms with Crippen LogP contribution in [0.4, 0.5) is 0 Å². The number of likely N-dealkylation sites (N-methyl/N-ethyl adjacent to an activating group) is 1. The molecule has 0 saturated carbocycles. The summed E-state index contributed by atoms with van der Waals surface area (Å²) >= 11 is 0. The molecule has 1 aliphatic rings. The molecule has 0 N–H and O–H groups in total. The molecule has 0 radical (unpaired) electrons. The summed E-state index contributed by atoms with van der Waals surface area (Å²) in [5.74, 6) is 0. The van der Waals surface area contributed by atoms with Crippen molar-refractivity contribution in [3.8, 4) is 0 Å². The molecule has 0 saturated heterocycles. The molecule has 4 rings (SSSR count). The molecular weight excluding hydrogens is 572 g/mol. The average Bonchev–Trinajstić information content (AvgIpc) is 2.87. The number of quaternary nitrogens is 1. The van der Waals surface area contributed by atoms with Gasteiger partial charge in [0.15, 0.2) is 11.9 Å². The Kier molecular flexibility index (Phi) is 7.59. The highest BCUT2D eigenvalue weighted by Gasteiger charge is 2.29. The molecule has 2 aromatic heterocycles. The highest BCUT2D eigenvalue weighted by atomic mass is 127. The second-order valence-corrected chi connectivity index (χ2v) is 8.70. The maximum Gasteiger partial charge on any atom is 0.177 e.